The van der Waals surface area contributed by atoms with Crippen LogP contribution in [0.3, 0.4) is 0 Å². The molecule has 0 bridgehead atoms. The molecule has 3 amide bonds. The lowest BCUT2D eigenvalue weighted by Gasteiger charge is -2.08. The molecule has 1 aliphatic rings. The first-order valence-corrected chi connectivity index (χ1v) is 10.1. The molecule has 1 fully saturated rings. The average Bonchev–Trinajstić information content (AvgIpc) is 3.60. The van der Waals surface area contributed by atoms with Crippen molar-refractivity contribution >= 4 is 29.4 Å². The number of nitrogens with zero attached hydrogens (tertiary/aromatic N) is 1. The maximum Gasteiger partial charge on any atom is 0.319 e. The number of ether oxygens (including phenoxy) is 1. The van der Waals surface area contributed by atoms with Crippen molar-refractivity contribution in [2.45, 2.75) is 18.9 Å². The van der Waals surface area contributed by atoms with E-state index in [1.807, 2.05) is 0 Å². The summed E-state index contributed by atoms with van der Waals surface area (Å²) in [4.78, 5) is 27.8. The Balaban J connectivity index is 1.30. The van der Waals surface area contributed by atoms with E-state index < -0.39 is 5.82 Å². The summed E-state index contributed by atoms with van der Waals surface area (Å²) in [5, 5.41) is 8.29. The van der Waals surface area contributed by atoms with Gasteiger partial charge in [-0.15, -0.1) is 0 Å². The molecule has 3 aromatic rings. The van der Waals surface area contributed by atoms with Crippen LogP contribution >= 0.6 is 0 Å². The highest BCUT2D eigenvalue weighted by atomic mass is 19.1. The summed E-state index contributed by atoms with van der Waals surface area (Å²) >= 11 is 0. The van der Waals surface area contributed by atoms with Crippen LogP contribution in [0.15, 0.2) is 73.1 Å². The number of anilines is 2. The quantitative estimate of drug-likeness (QED) is 0.461. The highest BCUT2D eigenvalue weighted by molar-refractivity contribution is 6.02. The Morgan fingerprint density at radius 3 is 2.44 bits per heavy atom. The molecule has 1 saturated carbocycles. The summed E-state index contributed by atoms with van der Waals surface area (Å²) in [6.07, 6.45) is 7.94. The highest BCUT2D eigenvalue weighted by Crippen LogP contribution is 2.25. The topological polar surface area (TPSA) is 92.3 Å². The van der Waals surface area contributed by atoms with Crippen LogP contribution in [0.25, 0.3) is 6.08 Å². The molecule has 162 valence electrons. The van der Waals surface area contributed by atoms with Crippen molar-refractivity contribution < 1.29 is 18.7 Å². The molecule has 0 atom stereocenters. The van der Waals surface area contributed by atoms with E-state index in [1.165, 1.54) is 30.5 Å². The fourth-order valence-corrected chi connectivity index (χ4v) is 2.81. The number of halogens is 1. The van der Waals surface area contributed by atoms with Gasteiger partial charge < -0.3 is 20.7 Å². The van der Waals surface area contributed by atoms with Crippen molar-refractivity contribution in [2.75, 3.05) is 10.6 Å². The number of carbonyl (C=O) groups excluding carboxylic acids is 2. The molecule has 4 rings (SSSR count). The van der Waals surface area contributed by atoms with Gasteiger partial charge in [0.2, 0.25) is 5.91 Å². The molecule has 3 N–H and O–H groups in total. The zero-order valence-electron chi connectivity index (χ0n) is 17.0. The minimum absolute atomic E-state index is 0.0686. The second kappa shape index (κ2) is 9.74. The molecule has 0 saturated heterocycles. The number of carbonyl (C=O) groups is 2. The van der Waals surface area contributed by atoms with Crippen LogP contribution < -0.4 is 20.7 Å². The summed E-state index contributed by atoms with van der Waals surface area (Å²) in [7, 11) is 0. The molecular formula is C24H21FN4O3. The van der Waals surface area contributed by atoms with Gasteiger partial charge in [-0.3, -0.25) is 9.78 Å². The van der Waals surface area contributed by atoms with Gasteiger partial charge in [-0.05, 0) is 73.0 Å². The van der Waals surface area contributed by atoms with Gasteiger partial charge in [0.15, 0.2) is 11.6 Å². The molecule has 1 aliphatic carbocycles. The monoisotopic (exact) mass is 432 g/mol. The van der Waals surface area contributed by atoms with Crippen LogP contribution in [0, 0.1) is 5.82 Å². The molecule has 7 nitrogen and oxygen atoms in total. The Kier molecular flexibility index (Phi) is 6.41. The standard InChI is InChI=1S/C24H21FN4O3/c25-21-14-16(3-11-22(21)32-20-2-1-13-26-15-20)4-12-23(30)27-17-5-7-18(8-6-17)28-24(31)29-19-9-10-19/h1-8,11-15,19H,9-10H2,(H,27,30)(H2,28,29,31)/b12-4+. The summed E-state index contributed by atoms with van der Waals surface area (Å²) in [6, 6.07) is 14.6. The van der Waals surface area contributed by atoms with Gasteiger partial charge in [-0.25, -0.2) is 9.18 Å². The Morgan fingerprint density at radius 2 is 1.78 bits per heavy atom. The molecule has 0 unspecified atom stereocenters. The Bertz CT molecular complexity index is 1130. The zero-order chi connectivity index (χ0) is 22.3. The van der Waals surface area contributed by atoms with Gasteiger partial charge in [-0.2, -0.15) is 0 Å². The van der Waals surface area contributed by atoms with Crippen molar-refractivity contribution in [1.82, 2.24) is 10.3 Å². The largest absolute Gasteiger partial charge is 0.453 e. The van der Waals surface area contributed by atoms with Crippen molar-refractivity contribution in [1.29, 1.82) is 0 Å². The SMILES string of the molecule is O=C(/C=C/c1ccc(Oc2cccnc2)c(F)c1)Nc1ccc(NC(=O)NC2CC2)cc1. The molecular weight excluding hydrogens is 411 g/mol. The van der Waals surface area contributed by atoms with Crippen molar-refractivity contribution in [3.63, 3.8) is 0 Å². The van der Waals surface area contributed by atoms with Crippen LogP contribution in [0.4, 0.5) is 20.6 Å². The highest BCUT2D eigenvalue weighted by Gasteiger charge is 2.23. The lowest BCUT2D eigenvalue weighted by molar-refractivity contribution is -0.111. The number of benzene rings is 2. The summed E-state index contributed by atoms with van der Waals surface area (Å²) < 4.78 is 19.7. The predicted molar refractivity (Wildman–Crippen MR) is 120 cm³/mol. The maximum atomic E-state index is 14.3. The van der Waals surface area contributed by atoms with Gasteiger partial charge in [0.1, 0.15) is 5.75 Å². The van der Waals surface area contributed by atoms with Gasteiger partial charge in [-0.1, -0.05) is 6.07 Å². The fourth-order valence-electron chi connectivity index (χ4n) is 2.81. The minimum atomic E-state index is -0.551. The predicted octanol–water partition coefficient (Wildman–Crippen LogP) is 4.95. The zero-order valence-corrected chi connectivity index (χ0v) is 17.0. The number of nitrogens with one attached hydrogen (secondary N) is 3. The first kappa shape index (κ1) is 21.0. The third-order valence-electron chi connectivity index (χ3n) is 4.57. The normalized spacial score (nSPS) is 12.9. The smallest absolute Gasteiger partial charge is 0.319 e. The molecule has 1 aromatic heterocycles. The molecule has 1 heterocycles. The Morgan fingerprint density at radius 1 is 1.03 bits per heavy atom. The first-order valence-electron chi connectivity index (χ1n) is 10.1. The van der Waals surface area contributed by atoms with Crippen molar-refractivity contribution in [3.8, 4) is 11.5 Å². The molecule has 0 aliphatic heterocycles. The van der Waals surface area contributed by atoms with Crippen LogP contribution in [-0.2, 0) is 4.79 Å². The lowest BCUT2D eigenvalue weighted by Crippen LogP contribution is -2.30. The van der Waals surface area contributed by atoms with Crippen LogP contribution in [0.2, 0.25) is 0 Å². The van der Waals surface area contributed by atoms with Crippen molar-refractivity contribution in [3.05, 3.63) is 84.4 Å². The van der Waals surface area contributed by atoms with Crippen LogP contribution in [0.1, 0.15) is 18.4 Å². The third-order valence-corrected chi connectivity index (χ3v) is 4.57. The van der Waals surface area contributed by atoms with Crippen molar-refractivity contribution in [2.24, 2.45) is 0 Å². The van der Waals surface area contributed by atoms with E-state index in [1.54, 1.807) is 48.7 Å². The molecule has 0 radical (unpaired) electrons. The fraction of sp³-hybridized carbons (Fsp3) is 0.125. The van der Waals surface area contributed by atoms with E-state index in [2.05, 4.69) is 20.9 Å². The van der Waals surface area contributed by atoms with Gasteiger partial charge in [0.05, 0.1) is 6.20 Å². The minimum Gasteiger partial charge on any atom is -0.453 e. The van der Waals surface area contributed by atoms with Gasteiger partial charge in [0, 0.05) is 29.7 Å². The van der Waals surface area contributed by atoms with Crippen LogP contribution in [-0.4, -0.2) is 23.0 Å². The summed E-state index contributed by atoms with van der Waals surface area (Å²) in [5.41, 5.74) is 1.71. The van der Waals surface area contributed by atoms with E-state index in [0.717, 1.165) is 12.8 Å². The lowest BCUT2D eigenvalue weighted by atomic mass is 10.2. The molecule has 2 aromatic carbocycles. The molecule has 8 heteroatoms. The second-order valence-electron chi connectivity index (χ2n) is 7.25. The van der Waals surface area contributed by atoms with E-state index in [0.29, 0.717) is 22.7 Å². The van der Waals surface area contributed by atoms with Gasteiger partial charge in [0.25, 0.3) is 0 Å². The van der Waals surface area contributed by atoms with E-state index in [4.69, 9.17) is 4.74 Å². The molecule has 0 spiro atoms. The second-order valence-corrected chi connectivity index (χ2v) is 7.25. The number of pyridine rings is 1. The first-order chi connectivity index (χ1) is 15.5. The number of hydrogen-bond donors (Lipinski definition) is 3. The third kappa shape index (κ3) is 6.15. The van der Waals surface area contributed by atoms with E-state index in [-0.39, 0.29) is 23.7 Å². The number of aromatic nitrogens is 1. The van der Waals surface area contributed by atoms with E-state index >= 15 is 0 Å². The number of urea groups is 1. The number of amides is 3. The van der Waals surface area contributed by atoms with Crippen LogP contribution in [0.5, 0.6) is 11.5 Å². The average molecular weight is 432 g/mol. The Labute approximate surface area is 184 Å². The Hall–Kier alpha value is -4.20. The van der Waals surface area contributed by atoms with E-state index in [9.17, 15) is 14.0 Å². The number of rotatable bonds is 7. The maximum absolute atomic E-state index is 14.3. The van der Waals surface area contributed by atoms with Gasteiger partial charge >= 0.3 is 6.03 Å². The summed E-state index contributed by atoms with van der Waals surface area (Å²) in [5.74, 6) is -0.420. The summed E-state index contributed by atoms with van der Waals surface area (Å²) in [6.45, 7) is 0. The number of hydrogen-bond acceptors (Lipinski definition) is 4. The molecule has 32 heavy (non-hydrogen) atoms.